The minimum absolute atomic E-state index is 0.234. The molecular formula is C68H86N2O8. The third-order valence-corrected chi connectivity index (χ3v) is 13.6. The largest absolute Gasteiger partial charge is 0.487 e. The van der Waals surface area contributed by atoms with E-state index in [-0.39, 0.29) is 48.1 Å². The van der Waals surface area contributed by atoms with Crippen LogP contribution in [0.25, 0.3) is 0 Å². The Morgan fingerprint density at radius 1 is 0.372 bits per heavy atom. The van der Waals surface area contributed by atoms with Gasteiger partial charge < -0.3 is 28.4 Å². The number of carbonyl (C=O) groups is 2. The summed E-state index contributed by atoms with van der Waals surface area (Å²) in [5.74, 6) is 1.69. The number of hydrogen-bond acceptors (Lipinski definition) is 10. The second-order valence-electron chi connectivity index (χ2n) is 27.2. The second-order valence-corrected chi connectivity index (χ2v) is 27.2. The van der Waals surface area contributed by atoms with Crippen molar-refractivity contribution in [1.82, 2.24) is 9.97 Å². The van der Waals surface area contributed by atoms with Gasteiger partial charge in [-0.2, -0.15) is 0 Å². The molecule has 0 atom stereocenters. The standard InChI is InChI=1S/C68H86N2O8/c1-63(2,3)51-31-43-27-44-32-52(64(4,5)6)34-46(60(44)74-40-56-24-20-22-26-70-56)29-48-36-54(66(10,11)12)38-50(62(48)76-42-58(72)78-68(16,17)18)30-49-37-53(65(7,8)9)35-47(61(49)75-41-57(71)77-67(13,14)15)28-45(33-51)59(43)73-39-55-23-19-21-25-69-55/h19-26,31-38H,27-30,39-42H2,1-18H3. The maximum atomic E-state index is 13.8. The van der Waals surface area contributed by atoms with Gasteiger partial charge in [-0.15, -0.1) is 0 Å². The number of ether oxygens (including phenoxy) is 6. The lowest BCUT2D eigenvalue weighted by atomic mass is 9.79. The van der Waals surface area contributed by atoms with Gasteiger partial charge in [-0.1, -0.05) is 144 Å². The maximum Gasteiger partial charge on any atom is 0.344 e. The van der Waals surface area contributed by atoms with E-state index in [1.165, 1.54) is 0 Å². The van der Waals surface area contributed by atoms with E-state index < -0.39 is 23.1 Å². The first kappa shape index (κ1) is 59.0. The van der Waals surface area contributed by atoms with E-state index in [9.17, 15) is 9.59 Å². The third-order valence-electron chi connectivity index (χ3n) is 13.6. The Bertz CT molecular complexity index is 2890. The number of rotatable bonds is 12. The van der Waals surface area contributed by atoms with Gasteiger partial charge in [0, 0.05) is 38.1 Å². The molecule has 0 fully saturated rings. The molecule has 0 unspecified atom stereocenters. The van der Waals surface area contributed by atoms with E-state index in [2.05, 4.69) is 132 Å². The van der Waals surface area contributed by atoms with E-state index in [0.29, 0.717) is 37.2 Å². The Morgan fingerprint density at radius 3 is 0.821 bits per heavy atom. The van der Waals surface area contributed by atoms with Gasteiger partial charge in [0.15, 0.2) is 13.2 Å². The number of aromatic nitrogens is 2. The summed E-state index contributed by atoms with van der Waals surface area (Å²) in [5, 5.41) is 0. The van der Waals surface area contributed by atoms with Crippen molar-refractivity contribution in [3.63, 3.8) is 0 Å². The Labute approximate surface area is 466 Å². The number of fused-ring (bicyclic) bond motifs is 8. The fourth-order valence-corrected chi connectivity index (χ4v) is 9.63. The van der Waals surface area contributed by atoms with Gasteiger partial charge in [0.2, 0.25) is 0 Å². The second kappa shape index (κ2) is 23.0. The van der Waals surface area contributed by atoms with Gasteiger partial charge >= 0.3 is 11.9 Å². The minimum Gasteiger partial charge on any atom is -0.487 e. The van der Waals surface area contributed by atoms with Crippen molar-refractivity contribution in [3.05, 3.63) is 175 Å². The molecule has 0 N–H and O–H groups in total. The lowest BCUT2D eigenvalue weighted by Gasteiger charge is -2.29. The van der Waals surface area contributed by atoms with Crippen LogP contribution >= 0.6 is 0 Å². The van der Waals surface area contributed by atoms with E-state index in [0.717, 1.165) is 89.6 Å². The predicted octanol–water partition coefficient (Wildman–Crippen LogP) is 14.9. The zero-order chi connectivity index (χ0) is 57.2. The molecular weight excluding hydrogens is 973 g/mol. The predicted molar refractivity (Wildman–Crippen MR) is 312 cm³/mol. The van der Waals surface area contributed by atoms with E-state index >= 15 is 0 Å². The first-order valence-corrected chi connectivity index (χ1v) is 27.6. The highest BCUT2D eigenvalue weighted by atomic mass is 16.6. The highest BCUT2D eigenvalue weighted by Crippen LogP contribution is 2.45. The van der Waals surface area contributed by atoms with Gasteiger partial charge in [0.25, 0.3) is 0 Å². The molecule has 0 spiro atoms. The van der Waals surface area contributed by atoms with Crippen molar-refractivity contribution in [3.8, 4) is 23.0 Å². The number of nitrogens with zero attached hydrogens (tertiary/aromatic N) is 2. The smallest absolute Gasteiger partial charge is 0.344 e. The minimum atomic E-state index is -0.726. The fourth-order valence-electron chi connectivity index (χ4n) is 9.63. The number of hydrogen-bond donors (Lipinski definition) is 0. The molecule has 0 saturated carbocycles. The number of carbonyl (C=O) groups excluding carboxylic acids is 2. The molecule has 78 heavy (non-hydrogen) atoms. The molecule has 0 aliphatic heterocycles. The van der Waals surface area contributed by atoms with Gasteiger partial charge in [0.05, 0.1) is 11.4 Å². The molecule has 0 saturated heterocycles. The molecule has 7 rings (SSSR count). The lowest BCUT2D eigenvalue weighted by Crippen LogP contribution is -2.28. The number of benzene rings is 4. The zero-order valence-electron chi connectivity index (χ0n) is 50.1. The molecule has 2 aromatic heterocycles. The highest BCUT2D eigenvalue weighted by Gasteiger charge is 2.31. The summed E-state index contributed by atoms with van der Waals surface area (Å²) in [6.45, 7) is 37.7. The summed E-state index contributed by atoms with van der Waals surface area (Å²) in [5.41, 5.74) is 10.8. The normalized spacial score (nSPS) is 13.4. The Hall–Kier alpha value is -6.68. The number of esters is 2. The van der Waals surface area contributed by atoms with Crippen molar-refractivity contribution in [2.75, 3.05) is 13.2 Å². The Kier molecular flexibility index (Phi) is 17.4. The lowest BCUT2D eigenvalue weighted by molar-refractivity contribution is -0.158. The van der Waals surface area contributed by atoms with Crippen LogP contribution in [0.15, 0.2) is 97.3 Å². The van der Waals surface area contributed by atoms with Gasteiger partial charge in [-0.25, -0.2) is 9.59 Å². The molecule has 1 aliphatic rings. The van der Waals surface area contributed by atoms with Crippen LogP contribution in [-0.2, 0) is 79.6 Å². The molecule has 0 radical (unpaired) electrons. The summed E-state index contributed by atoms with van der Waals surface area (Å²) in [4.78, 5) is 36.9. The van der Waals surface area contributed by atoms with Crippen LogP contribution < -0.4 is 18.9 Å². The molecule has 8 bridgehead atoms. The molecule has 1 aliphatic carbocycles. The van der Waals surface area contributed by atoms with Crippen LogP contribution in [0.1, 0.15) is 203 Å². The molecule has 416 valence electrons. The van der Waals surface area contributed by atoms with Crippen molar-refractivity contribution in [1.29, 1.82) is 0 Å². The maximum absolute atomic E-state index is 13.8. The molecule has 10 heteroatoms. The monoisotopic (exact) mass is 1060 g/mol. The first-order valence-electron chi connectivity index (χ1n) is 27.6. The van der Waals surface area contributed by atoms with Crippen LogP contribution in [-0.4, -0.2) is 46.3 Å². The van der Waals surface area contributed by atoms with E-state index in [1.807, 2.05) is 77.9 Å². The summed E-state index contributed by atoms with van der Waals surface area (Å²) < 4.78 is 39.8. The SMILES string of the molecule is CC(C)(C)OC(=O)COc1c2cc(C(C)(C)C)cc1Cc1cc(C(C)(C)C)cc(c1OCc1ccccn1)Cc1cc(C(C)(C)C)cc(c1OCc1ccccn1)Cc1cc(C(C)(C)C)cc(c1OCC(=O)OC(C)(C)C)C2. The average molecular weight is 1060 g/mol. The van der Waals surface area contributed by atoms with Crippen molar-refractivity contribution in [2.24, 2.45) is 0 Å². The molecule has 6 aromatic rings. The van der Waals surface area contributed by atoms with Crippen molar-refractivity contribution < 1.29 is 38.0 Å². The van der Waals surface area contributed by atoms with Gasteiger partial charge in [-0.05, 0) is 154 Å². The average Bonchev–Trinajstić information content (AvgIpc) is 3.39. The van der Waals surface area contributed by atoms with Crippen LogP contribution in [0.3, 0.4) is 0 Å². The Morgan fingerprint density at radius 2 is 0.615 bits per heavy atom. The molecule has 0 amide bonds. The zero-order valence-corrected chi connectivity index (χ0v) is 50.1. The summed E-state index contributed by atoms with van der Waals surface area (Å²) >= 11 is 0. The van der Waals surface area contributed by atoms with Crippen LogP contribution in [0.2, 0.25) is 0 Å². The van der Waals surface area contributed by atoms with Gasteiger partial charge in [-0.3, -0.25) is 9.97 Å². The van der Waals surface area contributed by atoms with E-state index in [4.69, 9.17) is 38.4 Å². The van der Waals surface area contributed by atoms with Gasteiger partial charge in [0.1, 0.15) is 47.4 Å². The summed E-state index contributed by atoms with van der Waals surface area (Å²) in [6, 6.07) is 29.8. The molecule has 4 aromatic carbocycles. The van der Waals surface area contributed by atoms with Crippen LogP contribution in [0.4, 0.5) is 0 Å². The first-order chi connectivity index (χ1) is 36.2. The topological polar surface area (TPSA) is 115 Å². The summed E-state index contributed by atoms with van der Waals surface area (Å²) in [7, 11) is 0. The quantitative estimate of drug-likeness (QED) is 0.110. The van der Waals surface area contributed by atoms with Crippen LogP contribution in [0.5, 0.6) is 23.0 Å². The number of pyridine rings is 2. The van der Waals surface area contributed by atoms with Crippen molar-refractivity contribution >= 4 is 11.9 Å². The van der Waals surface area contributed by atoms with E-state index in [1.54, 1.807) is 12.4 Å². The summed E-state index contributed by atoms with van der Waals surface area (Å²) in [6.07, 6.45) is 5.14. The Balaban J connectivity index is 1.63. The fraction of sp³-hybridized carbons (Fsp3) is 0.471. The molecule has 2 heterocycles. The highest BCUT2D eigenvalue weighted by molar-refractivity contribution is 5.73. The third kappa shape index (κ3) is 15.8. The molecule has 10 nitrogen and oxygen atoms in total. The van der Waals surface area contributed by atoms with Crippen molar-refractivity contribution in [2.45, 2.75) is 196 Å². The van der Waals surface area contributed by atoms with Crippen LogP contribution in [0, 0.1) is 0 Å².